The van der Waals surface area contributed by atoms with Crippen molar-refractivity contribution in [3.05, 3.63) is 83.3 Å². The van der Waals surface area contributed by atoms with Crippen LogP contribution >= 0.6 is 11.6 Å². The highest BCUT2D eigenvalue weighted by Gasteiger charge is 2.27. The van der Waals surface area contributed by atoms with Crippen molar-refractivity contribution in [1.29, 1.82) is 0 Å². The summed E-state index contributed by atoms with van der Waals surface area (Å²) in [6, 6.07) is 20.0. The lowest BCUT2D eigenvalue weighted by atomic mass is 9.93. The van der Waals surface area contributed by atoms with Crippen LogP contribution in [-0.4, -0.2) is 38.4 Å². The van der Waals surface area contributed by atoms with E-state index in [0.717, 1.165) is 47.4 Å². The average Bonchev–Trinajstić information content (AvgIpc) is 3.27. The van der Waals surface area contributed by atoms with Gasteiger partial charge in [0.2, 0.25) is 0 Å². The maximum Gasteiger partial charge on any atom is 0.253 e. The minimum Gasteiger partial charge on any atom is -0.338 e. The Morgan fingerprint density at radius 2 is 1.94 bits per heavy atom. The summed E-state index contributed by atoms with van der Waals surface area (Å²) in [7, 11) is 0. The first-order chi connectivity index (χ1) is 16.0. The molecule has 168 valence electrons. The predicted octanol–water partition coefficient (Wildman–Crippen LogP) is 6.35. The second-order valence-electron chi connectivity index (χ2n) is 9.00. The van der Waals surface area contributed by atoms with Crippen LogP contribution in [0.2, 0.25) is 5.02 Å². The fraction of sp³-hybridized carbons (Fsp3) is 0.296. The van der Waals surface area contributed by atoms with Gasteiger partial charge in [0.25, 0.3) is 5.91 Å². The Hall–Kier alpha value is -3.18. The number of nitrogens with zero attached hydrogens (tertiary/aromatic N) is 4. The molecule has 0 N–H and O–H groups in total. The maximum atomic E-state index is 13.3. The van der Waals surface area contributed by atoms with Gasteiger partial charge < -0.3 is 9.47 Å². The van der Waals surface area contributed by atoms with Gasteiger partial charge in [-0.25, -0.2) is 4.98 Å². The number of carbonyl (C=O) groups excluding carboxylic acids is 1. The molecule has 5 rings (SSSR count). The number of hydrogen-bond acceptors (Lipinski definition) is 3. The van der Waals surface area contributed by atoms with Crippen LogP contribution < -0.4 is 0 Å². The van der Waals surface area contributed by atoms with Crippen molar-refractivity contribution in [3.63, 3.8) is 0 Å². The van der Waals surface area contributed by atoms with Crippen LogP contribution in [0.1, 0.15) is 54.7 Å². The van der Waals surface area contributed by atoms with Gasteiger partial charge >= 0.3 is 0 Å². The third-order valence-corrected chi connectivity index (χ3v) is 6.63. The lowest BCUT2D eigenvalue weighted by Crippen LogP contribution is -2.39. The highest BCUT2D eigenvalue weighted by Crippen LogP contribution is 2.29. The molecule has 1 saturated heterocycles. The van der Waals surface area contributed by atoms with E-state index in [4.69, 9.17) is 16.6 Å². The zero-order chi connectivity index (χ0) is 22.9. The number of piperidine rings is 1. The molecular formula is C27H27ClN4O. The summed E-state index contributed by atoms with van der Waals surface area (Å²) in [4.78, 5) is 24.7. The summed E-state index contributed by atoms with van der Waals surface area (Å²) < 4.78 is 2.12. The van der Waals surface area contributed by atoms with Crippen LogP contribution in [0.15, 0.2) is 67.0 Å². The van der Waals surface area contributed by atoms with E-state index in [9.17, 15) is 4.79 Å². The SMILES string of the molecule is CC(C)n1cnc2cc(C(=O)N3CCCC(c4cccc(-c5cccc(Cl)c5)n4)C3)ccc21. The molecule has 4 aromatic rings. The Morgan fingerprint density at radius 1 is 1.09 bits per heavy atom. The molecule has 6 heteroatoms. The molecule has 0 aliphatic carbocycles. The smallest absolute Gasteiger partial charge is 0.253 e. The quantitative estimate of drug-likeness (QED) is 0.358. The second kappa shape index (κ2) is 8.99. The topological polar surface area (TPSA) is 51.0 Å². The summed E-state index contributed by atoms with van der Waals surface area (Å²) in [5.74, 6) is 0.275. The number of hydrogen-bond donors (Lipinski definition) is 0. The fourth-order valence-electron chi connectivity index (χ4n) is 4.65. The van der Waals surface area contributed by atoms with E-state index in [2.05, 4.69) is 29.5 Å². The fourth-order valence-corrected chi connectivity index (χ4v) is 4.84. The standard InChI is InChI=1S/C27H27ClN4O/c1-18(2)32-17-29-25-15-20(11-12-26(25)32)27(33)31-13-5-7-21(16-31)24-10-4-9-23(30-24)19-6-3-8-22(28)14-19/h3-4,6,8-12,14-15,17-18,21H,5,7,13,16H2,1-2H3. The van der Waals surface area contributed by atoms with Crippen molar-refractivity contribution in [1.82, 2.24) is 19.4 Å². The normalized spacial score (nSPS) is 16.5. The van der Waals surface area contributed by atoms with Crippen LogP contribution in [0.5, 0.6) is 0 Å². The van der Waals surface area contributed by atoms with Crippen molar-refractivity contribution >= 4 is 28.5 Å². The molecule has 5 nitrogen and oxygen atoms in total. The molecule has 1 unspecified atom stereocenters. The molecule has 1 fully saturated rings. The predicted molar refractivity (Wildman–Crippen MR) is 133 cm³/mol. The highest BCUT2D eigenvalue weighted by atomic mass is 35.5. The van der Waals surface area contributed by atoms with Crippen LogP contribution in [-0.2, 0) is 0 Å². The minimum atomic E-state index is 0.0618. The van der Waals surface area contributed by atoms with Crippen molar-refractivity contribution in [3.8, 4) is 11.3 Å². The van der Waals surface area contributed by atoms with Crippen LogP contribution in [0.4, 0.5) is 0 Å². The first-order valence-corrected chi connectivity index (χ1v) is 11.9. The van der Waals surface area contributed by atoms with Gasteiger partial charge in [-0.2, -0.15) is 0 Å². The molecule has 3 heterocycles. The van der Waals surface area contributed by atoms with E-state index in [1.165, 1.54) is 0 Å². The van der Waals surface area contributed by atoms with Gasteiger partial charge in [-0.1, -0.05) is 29.8 Å². The van der Waals surface area contributed by atoms with E-state index in [1.54, 1.807) is 0 Å². The number of rotatable bonds is 4. The first kappa shape index (κ1) is 21.7. The third kappa shape index (κ3) is 4.38. The molecule has 33 heavy (non-hydrogen) atoms. The lowest BCUT2D eigenvalue weighted by molar-refractivity contribution is 0.0706. The molecule has 1 atom stereocenters. The van der Waals surface area contributed by atoms with Gasteiger partial charge in [0.15, 0.2) is 0 Å². The summed E-state index contributed by atoms with van der Waals surface area (Å²) in [6.45, 7) is 5.69. The number of imidazole rings is 1. The van der Waals surface area contributed by atoms with Crippen molar-refractivity contribution < 1.29 is 4.79 Å². The molecule has 0 radical (unpaired) electrons. The van der Waals surface area contributed by atoms with Gasteiger partial charge in [-0.3, -0.25) is 9.78 Å². The third-order valence-electron chi connectivity index (χ3n) is 6.40. The van der Waals surface area contributed by atoms with E-state index in [-0.39, 0.29) is 11.8 Å². The number of carbonyl (C=O) groups is 1. The summed E-state index contributed by atoms with van der Waals surface area (Å²) in [6.07, 6.45) is 3.83. The van der Waals surface area contributed by atoms with Gasteiger partial charge in [-0.05, 0) is 69.2 Å². The van der Waals surface area contributed by atoms with Gasteiger partial charge in [0, 0.05) is 46.9 Å². The van der Waals surface area contributed by atoms with E-state index >= 15 is 0 Å². The Kier molecular flexibility index (Phi) is 5.90. The second-order valence-corrected chi connectivity index (χ2v) is 9.43. The number of likely N-dealkylation sites (tertiary alicyclic amines) is 1. The molecule has 2 aromatic carbocycles. The minimum absolute atomic E-state index is 0.0618. The summed E-state index contributed by atoms with van der Waals surface area (Å²) in [5.41, 5.74) is 5.54. The van der Waals surface area contributed by atoms with E-state index < -0.39 is 0 Å². The molecule has 1 aliphatic heterocycles. The van der Waals surface area contributed by atoms with Crippen LogP contribution in [0.3, 0.4) is 0 Å². The Morgan fingerprint density at radius 3 is 2.76 bits per heavy atom. The Bertz CT molecular complexity index is 1310. The molecule has 1 aliphatic rings. The number of benzene rings is 2. The molecule has 2 aromatic heterocycles. The van der Waals surface area contributed by atoms with E-state index in [1.807, 2.05) is 65.8 Å². The van der Waals surface area contributed by atoms with E-state index in [0.29, 0.717) is 23.2 Å². The average molecular weight is 459 g/mol. The number of amides is 1. The molecule has 0 saturated carbocycles. The van der Waals surface area contributed by atoms with Gasteiger partial charge in [0.05, 0.1) is 23.1 Å². The first-order valence-electron chi connectivity index (χ1n) is 11.5. The zero-order valence-corrected chi connectivity index (χ0v) is 19.7. The monoisotopic (exact) mass is 458 g/mol. The lowest BCUT2D eigenvalue weighted by Gasteiger charge is -2.32. The molecule has 1 amide bonds. The van der Waals surface area contributed by atoms with Crippen molar-refractivity contribution in [2.75, 3.05) is 13.1 Å². The zero-order valence-electron chi connectivity index (χ0n) is 18.9. The van der Waals surface area contributed by atoms with Crippen molar-refractivity contribution in [2.24, 2.45) is 0 Å². The van der Waals surface area contributed by atoms with Crippen molar-refractivity contribution in [2.45, 2.75) is 38.6 Å². The number of aromatic nitrogens is 3. The number of halogens is 1. The van der Waals surface area contributed by atoms with Crippen LogP contribution in [0.25, 0.3) is 22.3 Å². The largest absolute Gasteiger partial charge is 0.338 e. The van der Waals surface area contributed by atoms with Gasteiger partial charge in [0.1, 0.15) is 0 Å². The highest BCUT2D eigenvalue weighted by molar-refractivity contribution is 6.30. The molecular weight excluding hydrogens is 432 g/mol. The number of fused-ring (bicyclic) bond motifs is 1. The maximum absolute atomic E-state index is 13.3. The molecule has 0 spiro atoms. The number of pyridine rings is 1. The molecule has 0 bridgehead atoms. The Balaban J connectivity index is 1.36. The van der Waals surface area contributed by atoms with Gasteiger partial charge in [-0.15, -0.1) is 0 Å². The summed E-state index contributed by atoms with van der Waals surface area (Å²) >= 11 is 6.17. The Labute approximate surface area is 199 Å². The summed E-state index contributed by atoms with van der Waals surface area (Å²) in [5, 5.41) is 0.698. The van der Waals surface area contributed by atoms with Crippen LogP contribution in [0, 0.1) is 0 Å².